The number of carbonyl (C=O) groups is 1. The van der Waals surface area contributed by atoms with Crippen molar-refractivity contribution in [2.24, 2.45) is 0 Å². The zero-order chi connectivity index (χ0) is 17.8. The molecule has 1 fully saturated rings. The number of aryl methyl sites for hydroxylation is 1. The largest absolute Gasteiger partial charge is 0.411 e. The van der Waals surface area contributed by atoms with E-state index in [0.717, 1.165) is 38.3 Å². The van der Waals surface area contributed by atoms with Gasteiger partial charge in [0.1, 0.15) is 0 Å². The number of aromatic nitrogens is 2. The Hall–Kier alpha value is -1.86. The lowest BCUT2D eigenvalue weighted by Gasteiger charge is -2.35. The summed E-state index contributed by atoms with van der Waals surface area (Å²) in [6, 6.07) is 7.93. The first-order chi connectivity index (χ1) is 12.1. The van der Waals surface area contributed by atoms with Gasteiger partial charge in [0.2, 0.25) is 11.8 Å². The summed E-state index contributed by atoms with van der Waals surface area (Å²) in [6.45, 7) is 10.6. The maximum Gasteiger partial charge on any atom is 0.277 e. The van der Waals surface area contributed by atoms with Crippen LogP contribution in [0.15, 0.2) is 33.9 Å². The van der Waals surface area contributed by atoms with Gasteiger partial charge in [0.05, 0.1) is 5.25 Å². The third-order valence-electron chi connectivity index (χ3n) is 4.46. The molecule has 0 aliphatic carbocycles. The number of carbonyl (C=O) groups excluding carboxylic acids is 1. The Balaban J connectivity index is 1.59. The number of hydrogen-bond acceptors (Lipinski definition) is 6. The summed E-state index contributed by atoms with van der Waals surface area (Å²) in [6.07, 6.45) is 0. The predicted octanol–water partition coefficient (Wildman–Crippen LogP) is 2.69. The molecule has 1 unspecified atom stereocenters. The van der Waals surface area contributed by atoms with E-state index in [4.69, 9.17) is 4.42 Å². The lowest BCUT2D eigenvalue weighted by atomic mass is 10.1. The highest BCUT2D eigenvalue weighted by Gasteiger charge is 2.26. The van der Waals surface area contributed by atoms with Gasteiger partial charge < -0.3 is 14.2 Å². The Morgan fingerprint density at radius 1 is 1.20 bits per heavy atom. The van der Waals surface area contributed by atoms with Gasteiger partial charge in [-0.3, -0.25) is 4.79 Å². The van der Waals surface area contributed by atoms with E-state index in [0.29, 0.717) is 11.1 Å². The number of nitrogens with zero attached hydrogens (tertiary/aromatic N) is 4. The second-order valence-corrected chi connectivity index (χ2v) is 7.55. The highest BCUT2D eigenvalue weighted by molar-refractivity contribution is 8.00. The molecule has 0 radical (unpaired) electrons. The minimum absolute atomic E-state index is 0.135. The summed E-state index contributed by atoms with van der Waals surface area (Å²) in [5.74, 6) is 0.620. The lowest BCUT2D eigenvalue weighted by Crippen LogP contribution is -2.50. The zero-order valence-corrected chi connectivity index (χ0v) is 15.8. The standard InChI is InChI=1S/C18H24N4O2S/c1-4-21-9-11-22(12-10-21)17(23)14(3)25-18-20-19-16(24-18)15-7-5-13(2)6-8-15/h5-8,14H,4,9-12H2,1-3H3. The molecule has 0 saturated carbocycles. The molecule has 0 spiro atoms. The third kappa shape index (κ3) is 4.41. The second-order valence-electron chi connectivity index (χ2n) is 6.26. The van der Waals surface area contributed by atoms with E-state index in [1.54, 1.807) is 0 Å². The molecule has 6 nitrogen and oxygen atoms in total. The van der Waals surface area contributed by atoms with E-state index >= 15 is 0 Å². The molecule has 1 aliphatic heterocycles. The van der Waals surface area contributed by atoms with Gasteiger partial charge in [-0.05, 0) is 32.5 Å². The van der Waals surface area contributed by atoms with Crippen LogP contribution >= 0.6 is 11.8 Å². The van der Waals surface area contributed by atoms with Gasteiger partial charge >= 0.3 is 0 Å². The van der Waals surface area contributed by atoms with Crippen LogP contribution < -0.4 is 0 Å². The smallest absolute Gasteiger partial charge is 0.277 e. The van der Waals surface area contributed by atoms with Crippen LogP contribution in [0.25, 0.3) is 11.5 Å². The Bertz CT molecular complexity index is 708. The SMILES string of the molecule is CCN1CCN(C(=O)C(C)Sc2nnc(-c3ccc(C)cc3)o2)CC1. The molecule has 1 saturated heterocycles. The fourth-order valence-electron chi connectivity index (χ4n) is 2.81. The van der Waals surface area contributed by atoms with Crippen LogP contribution in [0, 0.1) is 6.92 Å². The topological polar surface area (TPSA) is 62.5 Å². The second kappa shape index (κ2) is 8.01. The van der Waals surface area contributed by atoms with E-state index in [9.17, 15) is 4.79 Å². The monoisotopic (exact) mass is 360 g/mol. The molecule has 2 aromatic rings. The van der Waals surface area contributed by atoms with Crippen molar-refractivity contribution in [3.05, 3.63) is 29.8 Å². The van der Waals surface area contributed by atoms with Crippen molar-refractivity contribution in [1.82, 2.24) is 20.0 Å². The summed E-state index contributed by atoms with van der Waals surface area (Å²) in [7, 11) is 0. The van der Waals surface area contributed by atoms with Crippen LogP contribution in [0.4, 0.5) is 0 Å². The maximum atomic E-state index is 12.6. The summed E-state index contributed by atoms with van der Waals surface area (Å²) < 4.78 is 5.71. The molecule has 7 heteroatoms. The van der Waals surface area contributed by atoms with Crippen molar-refractivity contribution >= 4 is 17.7 Å². The minimum Gasteiger partial charge on any atom is -0.411 e. The third-order valence-corrected chi connectivity index (χ3v) is 5.38. The van der Waals surface area contributed by atoms with E-state index in [2.05, 4.69) is 22.0 Å². The molecule has 1 atom stereocenters. The summed E-state index contributed by atoms with van der Waals surface area (Å²) in [5.41, 5.74) is 2.07. The Labute approximate surface area is 152 Å². The van der Waals surface area contributed by atoms with Gasteiger partial charge in [0, 0.05) is 31.7 Å². The van der Waals surface area contributed by atoms with Crippen LogP contribution in [0.2, 0.25) is 0 Å². The van der Waals surface area contributed by atoms with E-state index < -0.39 is 0 Å². The Morgan fingerprint density at radius 3 is 2.52 bits per heavy atom. The van der Waals surface area contributed by atoms with Crippen molar-refractivity contribution in [3.8, 4) is 11.5 Å². The number of benzene rings is 1. The number of hydrogen-bond donors (Lipinski definition) is 0. The van der Waals surface area contributed by atoms with Crippen molar-refractivity contribution in [3.63, 3.8) is 0 Å². The molecule has 0 bridgehead atoms. The van der Waals surface area contributed by atoms with Crippen LogP contribution in [-0.2, 0) is 4.79 Å². The summed E-state index contributed by atoms with van der Waals surface area (Å²) in [4.78, 5) is 16.9. The Morgan fingerprint density at radius 2 is 1.88 bits per heavy atom. The van der Waals surface area contributed by atoms with Gasteiger partial charge in [0.25, 0.3) is 5.22 Å². The molecule has 1 aromatic carbocycles. The lowest BCUT2D eigenvalue weighted by molar-refractivity contribution is -0.132. The van der Waals surface area contributed by atoms with Crippen molar-refractivity contribution in [2.45, 2.75) is 31.2 Å². The van der Waals surface area contributed by atoms with Gasteiger partial charge in [-0.15, -0.1) is 10.2 Å². The first-order valence-electron chi connectivity index (χ1n) is 8.65. The van der Waals surface area contributed by atoms with Crippen molar-refractivity contribution < 1.29 is 9.21 Å². The van der Waals surface area contributed by atoms with Crippen molar-refractivity contribution in [2.75, 3.05) is 32.7 Å². The number of amides is 1. The molecule has 25 heavy (non-hydrogen) atoms. The fourth-order valence-corrected chi connectivity index (χ4v) is 3.58. The highest BCUT2D eigenvalue weighted by Crippen LogP contribution is 2.27. The van der Waals surface area contributed by atoms with Gasteiger partial charge in [-0.25, -0.2) is 0 Å². The number of rotatable bonds is 5. The van der Waals surface area contributed by atoms with Gasteiger partial charge in [-0.1, -0.05) is 36.4 Å². The first kappa shape index (κ1) is 17.9. The summed E-state index contributed by atoms with van der Waals surface area (Å²) in [5, 5.41) is 8.37. The molecule has 1 aliphatic rings. The molecule has 0 N–H and O–H groups in total. The molecule has 3 rings (SSSR count). The number of thioether (sulfide) groups is 1. The average molecular weight is 360 g/mol. The van der Waals surface area contributed by atoms with E-state index in [1.165, 1.54) is 17.3 Å². The average Bonchev–Trinajstić information content (AvgIpc) is 3.10. The van der Waals surface area contributed by atoms with Crippen molar-refractivity contribution in [1.29, 1.82) is 0 Å². The fraction of sp³-hybridized carbons (Fsp3) is 0.500. The van der Waals surface area contributed by atoms with Gasteiger partial charge in [-0.2, -0.15) is 0 Å². The van der Waals surface area contributed by atoms with Crippen LogP contribution in [0.3, 0.4) is 0 Å². The molecule has 1 amide bonds. The molecule has 1 aromatic heterocycles. The number of piperazine rings is 1. The first-order valence-corrected chi connectivity index (χ1v) is 9.53. The predicted molar refractivity (Wildman–Crippen MR) is 98.5 cm³/mol. The highest BCUT2D eigenvalue weighted by atomic mass is 32.2. The normalized spacial score (nSPS) is 16.8. The van der Waals surface area contributed by atoms with Crippen LogP contribution in [0.5, 0.6) is 0 Å². The Kier molecular flexibility index (Phi) is 5.75. The molecule has 2 heterocycles. The van der Waals surface area contributed by atoms with E-state index in [1.807, 2.05) is 43.0 Å². The van der Waals surface area contributed by atoms with E-state index in [-0.39, 0.29) is 11.2 Å². The zero-order valence-electron chi connectivity index (χ0n) is 14.9. The molecule has 134 valence electrons. The summed E-state index contributed by atoms with van der Waals surface area (Å²) >= 11 is 1.33. The molecular formula is C18H24N4O2S. The van der Waals surface area contributed by atoms with Crippen LogP contribution in [0.1, 0.15) is 19.4 Å². The molecular weight excluding hydrogens is 336 g/mol. The quantitative estimate of drug-likeness (QED) is 0.764. The van der Waals surface area contributed by atoms with Crippen LogP contribution in [-0.4, -0.2) is 63.9 Å². The minimum atomic E-state index is -0.237. The number of likely N-dealkylation sites (N-methyl/N-ethyl adjacent to an activating group) is 1. The maximum absolute atomic E-state index is 12.6. The van der Waals surface area contributed by atoms with Gasteiger partial charge in [0.15, 0.2) is 0 Å².